The monoisotopic (exact) mass is 627 g/mol. The number of rotatable bonds is 12. The number of aliphatic hydroxyl groups excluding tert-OH is 1. The minimum absolute atomic E-state index is 0.169. The van der Waals surface area contributed by atoms with Crippen molar-refractivity contribution in [3.05, 3.63) is 138 Å². The highest BCUT2D eigenvalue weighted by Gasteiger charge is 2.54. The lowest BCUT2D eigenvalue weighted by Crippen LogP contribution is -2.57. The van der Waals surface area contributed by atoms with Crippen molar-refractivity contribution in [3.63, 3.8) is 0 Å². The summed E-state index contributed by atoms with van der Waals surface area (Å²) in [4.78, 5) is 0.169. The summed E-state index contributed by atoms with van der Waals surface area (Å²) in [5, 5.41) is 11.1. The van der Waals surface area contributed by atoms with Crippen LogP contribution in [0.2, 0.25) is 0 Å². The highest BCUT2D eigenvalue weighted by Crippen LogP contribution is 2.47. The van der Waals surface area contributed by atoms with E-state index in [1.165, 1.54) is 3.97 Å². The molecule has 0 amide bonds. The number of hydrogen-bond acceptors (Lipinski definition) is 7. The lowest BCUT2D eigenvalue weighted by molar-refractivity contribution is -0.331. The van der Waals surface area contributed by atoms with Crippen molar-refractivity contribution in [1.29, 1.82) is 0 Å². The normalized spacial score (nSPS) is 22.0. The molecule has 1 aliphatic heterocycles. The van der Waals surface area contributed by atoms with Crippen LogP contribution in [0.4, 0.5) is 0 Å². The van der Waals surface area contributed by atoms with Crippen LogP contribution < -0.4 is 0 Å². The smallest absolute Gasteiger partial charge is 0.268 e. The van der Waals surface area contributed by atoms with Crippen LogP contribution in [0, 0.1) is 0 Å². The summed E-state index contributed by atoms with van der Waals surface area (Å²) in [6.07, 6.45) is -0.405. The first-order chi connectivity index (χ1) is 22.0. The molecule has 1 saturated heterocycles. The number of hydrogen-bond donors (Lipinski definition) is 1. The van der Waals surface area contributed by atoms with Crippen molar-refractivity contribution in [2.45, 2.75) is 55.6 Å². The summed E-state index contributed by atoms with van der Waals surface area (Å²) in [7, 11) is -3.97. The summed E-state index contributed by atoms with van der Waals surface area (Å²) in [5.74, 6) is 0. The third-order valence-corrected chi connectivity index (χ3v) is 9.86. The van der Waals surface area contributed by atoms with Gasteiger partial charge in [0, 0.05) is 30.2 Å². The topological polar surface area (TPSA) is 96.2 Å². The molecular weight excluding hydrogens is 590 g/mol. The van der Waals surface area contributed by atoms with Gasteiger partial charge in [-0.1, -0.05) is 97.1 Å². The Morgan fingerprint density at radius 2 is 1.42 bits per heavy atom. The summed E-state index contributed by atoms with van der Waals surface area (Å²) in [6.45, 7) is 2.37. The number of aromatic nitrogens is 1. The van der Waals surface area contributed by atoms with Crippen LogP contribution in [-0.4, -0.2) is 49.2 Å². The van der Waals surface area contributed by atoms with E-state index in [0.29, 0.717) is 29.7 Å². The molecule has 6 rings (SSSR count). The van der Waals surface area contributed by atoms with Gasteiger partial charge in [-0.3, -0.25) is 0 Å². The Labute approximate surface area is 263 Å². The van der Waals surface area contributed by atoms with Crippen molar-refractivity contribution >= 4 is 20.9 Å². The molecule has 1 fully saturated rings. The van der Waals surface area contributed by atoms with Crippen LogP contribution >= 0.6 is 0 Å². The molecule has 0 saturated carbocycles. The Bertz CT molecular complexity index is 1800. The molecule has 0 bridgehead atoms. The van der Waals surface area contributed by atoms with Gasteiger partial charge in [0.2, 0.25) is 0 Å². The Morgan fingerprint density at radius 1 is 0.822 bits per heavy atom. The number of ether oxygens (including phenoxy) is 4. The largest absolute Gasteiger partial charge is 0.394 e. The first-order valence-electron chi connectivity index (χ1n) is 15.1. The lowest BCUT2D eigenvalue weighted by Gasteiger charge is -2.48. The highest BCUT2D eigenvalue weighted by molar-refractivity contribution is 7.90. The van der Waals surface area contributed by atoms with Crippen LogP contribution in [-0.2, 0) is 47.8 Å². The van der Waals surface area contributed by atoms with Crippen molar-refractivity contribution in [3.8, 4) is 0 Å². The van der Waals surface area contributed by atoms with E-state index in [9.17, 15) is 13.5 Å². The predicted octanol–water partition coefficient (Wildman–Crippen LogP) is 6.02. The molecule has 4 aromatic carbocycles. The van der Waals surface area contributed by atoms with Gasteiger partial charge in [-0.05, 0) is 36.2 Å². The first kappa shape index (κ1) is 31.2. The molecule has 4 atom stereocenters. The molecule has 8 nitrogen and oxygen atoms in total. The van der Waals surface area contributed by atoms with E-state index in [-0.39, 0.29) is 24.5 Å². The molecule has 0 aliphatic carbocycles. The van der Waals surface area contributed by atoms with Gasteiger partial charge in [-0.25, -0.2) is 12.4 Å². The summed E-state index contributed by atoms with van der Waals surface area (Å²) in [6, 6.07) is 35.2. The Kier molecular flexibility index (Phi) is 9.46. The highest BCUT2D eigenvalue weighted by atomic mass is 32.2. The molecule has 0 spiro atoms. The van der Waals surface area contributed by atoms with E-state index in [1.54, 1.807) is 42.6 Å². The quantitative estimate of drug-likeness (QED) is 0.181. The van der Waals surface area contributed by atoms with Crippen LogP contribution in [0.15, 0.2) is 126 Å². The average Bonchev–Trinajstić information content (AvgIpc) is 3.49. The fourth-order valence-electron chi connectivity index (χ4n) is 5.93. The van der Waals surface area contributed by atoms with Gasteiger partial charge in [0.05, 0.1) is 36.3 Å². The van der Waals surface area contributed by atoms with Gasteiger partial charge < -0.3 is 24.1 Å². The van der Waals surface area contributed by atoms with Crippen LogP contribution in [0.5, 0.6) is 0 Å². The Hall–Kier alpha value is -3.83. The number of fused-ring (bicyclic) bond motifs is 1. The van der Waals surface area contributed by atoms with Crippen molar-refractivity contribution in [2.24, 2.45) is 0 Å². The van der Waals surface area contributed by atoms with Gasteiger partial charge in [-0.15, -0.1) is 0 Å². The van der Waals surface area contributed by atoms with Gasteiger partial charge in [-0.2, -0.15) is 0 Å². The third-order valence-electron chi connectivity index (χ3n) is 8.18. The predicted molar refractivity (Wildman–Crippen MR) is 171 cm³/mol. The maximum Gasteiger partial charge on any atom is 0.268 e. The SMILES string of the molecule is CCO[C@H]1O[C@H](CO)[C@@H](OCc2ccccc2)C[C@]1(OCc1ccccc1)c1cn(S(=O)(=O)c2ccccc2)c2ccccc12. The molecular formula is C36H37NO7S. The van der Waals surface area contributed by atoms with Crippen molar-refractivity contribution in [1.82, 2.24) is 3.97 Å². The molecule has 234 valence electrons. The van der Waals surface area contributed by atoms with Crippen molar-refractivity contribution < 1.29 is 32.5 Å². The second-order valence-electron chi connectivity index (χ2n) is 11.0. The van der Waals surface area contributed by atoms with Gasteiger partial charge in [0.15, 0.2) is 6.29 Å². The van der Waals surface area contributed by atoms with Crippen LogP contribution in [0.25, 0.3) is 10.9 Å². The maximum absolute atomic E-state index is 14.1. The molecule has 0 unspecified atom stereocenters. The molecule has 5 aromatic rings. The molecule has 1 aliphatic rings. The van der Waals surface area contributed by atoms with E-state index >= 15 is 0 Å². The number of nitrogens with zero attached hydrogens (tertiary/aromatic N) is 1. The van der Waals surface area contributed by atoms with E-state index < -0.39 is 34.1 Å². The zero-order chi connectivity index (χ0) is 31.3. The molecule has 2 heterocycles. The second-order valence-corrected chi connectivity index (χ2v) is 12.8. The average molecular weight is 628 g/mol. The minimum Gasteiger partial charge on any atom is -0.394 e. The minimum atomic E-state index is -3.97. The van der Waals surface area contributed by atoms with E-state index in [1.807, 2.05) is 85.8 Å². The fourth-order valence-corrected chi connectivity index (χ4v) is 7.32. The van der Waals surface area contributed by atoms with E-state index in [2.05, 4.69) is 0 Å². The van der Waals surface area contributed by atoms with Gasteiger partial charge >= 0.3 is 0 Å². The van der Waals surface area contributed by atoms with E-state index in [0.717, 1.165) is 11.1 Å². The standard InChI is InChI=1S/C36H37NO7S/c1-2-41-35-36(43-26-28-16-8-4-9-17-28,22-33(34(24-38)44-35)42-25-27-14-6-3-7-15-27)31-23-37(32-21-13-12-20-30(31)32)45(39,40)29-18-10-5-11-19-29/h3-21,23,33-35,38H,2,22,24-26H2,1H3/t33-,34+,35-,36-/m0/s1. The van der Waals surface area contributed by atoms with Crippen molar-refractivity contribution in [2.75, 3.05) is 13.2 Å². The van der Waals surface area contributed by atoms with Crippen LogP contribution in [0.1, 0.15) is 30.0 Å². The third kappa shape index (κ3) is 6.33. The molecule has 1 aromatic heterocycles. The number of aliphatic hydroxyl groups is 1. The van der Waals surface area contributed by atoms with E-state index in [4.69, 9.17) is 18.9 Å². The summed E-state index contributed by atoms with van der Waals surface area (Å²) in [5.41, 5.74) is 1.69. The molecule has 1 N–H and O–H groups in total. The van der Waals surface area contributed by atoms with Gasteiger partial charge in [0.25, 0.3) is 10.0 Å². The Morgan fingerprint density at radius 3 is 2.07 bits per heavy atom. The maximum atomic E-state index is 14.1. The zero-order valence-electron chi connectivity index (χ0n) is 25.1. The fraction of sp³-hybridized carbons (Fsp3) is 0.278. The molecule has 9 heteroatoms. The summed E-state index contributed by atoms with van der Waals surface area (Å²) < 4.78 is 55.5. The Balaban J connectivity index is 1.51. The molecule has 45 heavy (non-hydrogen) atoms. The van der Waals surface area contributed by atoms with Crippen LogP contribution in [0.3, 0.4) is 0 Å². The first-order valence-corrected chi connectivity index (χ1v) is 16.5. The number of para-hydroxylation sites is 1. The number of benzene rings is 4. The zero-order valence-corrected chi connectivity index (χ0v) is 25.9. The molecule has 0 radical (unpaired) electrons. The van der Waals surface area contributed by atoms with Gasteiger partial charge in [0.1, 0.15) is 11.7 Å². The summed E-state index contributed by atoms with van der Waals surface area (Å²) >= 11 is 0. The lowest BCUT2D eigenvalue weighted by atomic mass is 9.82. The second kappa shape index (κ2) is 13.7.